The number of ether oxygens (including phenoxy) is 2. The molecule has 1 aromatic carbocycles. The summed E-state index contributed by atoms with van der Waals surface area (Å²) in [5.41, 5.74) is 7.82. The van der Waals surface area contributed by atoms with Crippen LogP contribution in [0, 0.1) is 6.92 Å². The van der Waals surface area contributed by atoms with Gasteiger partial charge in [0.05, 0.1) is 25.4 Å². The molecular weight excluding hydrogens is 264 g/mol. The molecule has 0 saturated heterocycles. The van der Waals surface area contributed by atoms with Gasteiger partial charge in [-0.05, 0) is 37.5 Å². The van der Waals surface area contributed by atoms with E-state index in [0.717, 1.165) is 31.7 Å². The number of anilines is 1. The monoisotopic (exact) mass is 292 g/mol. The first-order chi connectivity index (χ1) is 10.1. The van der Waals surface area contributed by atoms with Crippen molar-refractivity contribution in [2.24, 2.45) is 5.73 Å². The molecule has 118 valence electrons. The largest absolute Gasteiger partial charge is 0.483 e. The Balaban J connectivity index is 2.19. The van der Waals surface area contributed by atoms with E-state index in [4.69, 9.17) is 15.2 Å². The SMILES string of the molecule is CCC1(CC)CN(CCOCCN)c2cc(C)ccc2O1. The molecule has 0 saturated carbocycles. The minimum absolute atomic E-state index is 0.0872. The van der Waals surface area contributed by atoms with E-state index in [2.05, 4.69) is 43.9 Å². The summed E-state index contributed by atoms with van der Waals surface area (Å²) in [5, 5.41) is 0. The van der Waals surface area contributed by atoms with E-state index in [9.17, 15) is 0 Å². The Hall–Kier alpha value is -1.26. The van der Waals surface area contributed by atoms with E-state index in [1.165, 1.54) is 11.3 Å². The Kier molecular flexibility index (Phi) is 5.48. The van der Waals surface area contributed by atoms with E-state index in [-0.39, 0.29) is 5.60 Å². The zero-order valence-electron chi connectivity index (χ0n) is 13.5. The van der Waals surface area contributed by atoms with E-state index < -0.39 is 0 Å². The zero-order chi connectivity index (χ0) is 15.3. The van der Waals surface area contributed by atoms with Crippen molar-refractivity contribution in [3.05, 3.63) is 23.8 Å². The van der Waals surface area contributed by atoms with Crippen LogP contribution in [0.3, 0.4) is 0 Å². The first-order valence-electron chi connectivity index (χ1n) is 7.96. The lowest BCUT2D eigenvalue weighted by molar-refractivity contribution is 0.0545. The molecule has 4 heteroatoms. The molecule has 21 heavy (non-hydrogen) atoms. The number of nitrogens with two attached hydrogens (primary N) is 1. The van der Waals surface area contributed by atoms with Crippen LogP contribution in [0.2, 0.25) is 0 Å². The van der Waals surface area contributed by atoms with Crippen LogP contribution in [-0.2, 0) is 4.74 Å². The quantitative estimate of drug-likeness (QED) is 0.785. The van der Waals surface area contributed by atoms with Gasteiger partial charge in [-0.1, -0.05) is 19.9 Å². The Morgan fingerprint density at radius 2 is 2.05 bits per heavy atom. The molecule has 0 aliphatic carbocycles. The van der Waals surface area contributed by atoms with Gasteiger partial charge < -0.3 is 20.1 Å². The van der Waals surface area contributed by atoms with Crippen molar-refractivity contribution >= 4 is 5.69 Å². The normalized spacial score (nSPS) is 16.5. The van der Waals surface area contributed by atoms with Crippen molar-refractivity contribution < 1.29 is 9.47 Å². The van der Waals surface area contributed by atoms with Gasteiger partial charge in [0.2, 0.25) is 0 Å². The Morgan fingerprint density at radius 3 is 2.71 bits per heavy atom. The van der Waals surface area contributed by atoms with Crippen LogP contribution in [0.1, 0.15) is 32.3 Å². The van der Waals surface area contributed by atoms with Crippen LogP contribution < -0.4 is 15.4 Å². The van der Waals surface area contributed by atoms with Gasteiger partial charge in [0.25, 0.3) is 0 Å². The van der Waals surface area contributed by atoms with Gasteiger partial charge in [-0.2, -0.15) is 0 Å². The number of nitrogens with zero attached hydrogens (tertiary/aromatic N) is 1. The van der Waals surface area contributed by atoms with E-state index >= 15 is 0 Å². The van der Waals surface area contributed by atoms with E-state index in [0.29, 0.717) is 19.8 Å². The third kappa shape index (κ3) is 3.69. The van der Waals surface area contributed by atoms with Crippen molar-refractivity contribution in [3.8, 4) is 5.75 Å². The van der Waals surface area contributed by atoms with Gasteiger partial charge in [-0.3, -0.25) is 0 Å². The molecule has 0 atom stereocenters. The smallest absolute Gasteiger partial charge is 0.143 e. The maximum absolute atomic E-state index is 6.33. The molecule has 0 unspecified atom stereocenters. The molecule has 0 spiro atoms. The minimum Gasteiger partial charge on any atom is -0.483 e. The van der Waals surface area contributed by atoms with Gasteiger partial charge in [0.15, 0.2) is 0 Å². The average molecular weight is 292 g/mol. The topological polar surface area (TPSA) is 47.7 Å². The molecule has 0 radical (unpaired) electrons. The summed E-state index contributed by atoms with van der Waals surface area (Å²) in [6.45, 7) is 10.2. The van der Waals surface area contributed by atoms with Crippen LogP contribution in [0.4, 0.5) is 5.69 Å². The predicted octanol–water partition coefficient (Wildman–Crippen LogP) is 2.73. The fourth-order valence-electron chi connectivity index (χ4n) is 2.84. The maximum Gasteiger partial charge on any atom is 0.143 e. The first kappa shape index (κ1) is 16.1. The zero-order valence-corrected chi connectivity index (χ0v) is 13.5. The number of rotatable bonds is 7. The molecule has 0 fully saturated rings. The average Bonchev–Trinajstić information content (AvgIpc) is 2.51. The van der Waals surface area contributed by atoms with Gasteiger partial charge in [0, 0.05) is 13.1 Å². The first-order valence-corrected chi connectivity index (χ1v) is 7.96. The number of hydrogen-bond donors (Lipinski definition) is 1. The molecule has 0 amide bonds. The predicted molar refractivity (Wildman–Crippen MR) is 87.2 cm³/mol. The van der Waals surface area contributed by atoms with Crippen molar-refractivity contribution in [3.63, 3.8) is 0 Å². The molecule has 1 aliphatic rings. The summed E-state index contributed by atoms with van der Waals surface area (Å²) in [5.74, 6) is 0.995. The number of fused-ring (bicyclic) bond motifs is 1. The third-order valence-electron chi connectivity index (χ3n) is 4.32. The van der Waals surface area contributed by atoms with Gasteiger partial charge in [-0.25, -0.2) is 0 Å². The third-order valence-corrected chi connectivity index (χ3v) is 4.32. The minimum atomic E-state index is -0.0872. The Bertz CT molecular complexity index is 458. The molecule has 1 aromatic rings. The summed E-state index contributed by atoms with van der Waals surface area (Å²) in [7, 11) is 0. The second-order valence-corrected chi connectivity index (χ2v) is 5.79. The number of aryl methyl sites for hydroxylation is 1. The highest BCUT2D eigenvalue weighted by Gasteiger charge is 2.36. The van der Waals surface area contributed by atoms with Crippen molar-refractivity contribution in [2.45, 2.75) is 39.2 Å². The number of hydrogen-bond acceptors (Lipinski definition) is 4. The highest BCUT2D eigenvalue weighted by atomic mass is 16.5. The van der Waals surface area contributed by atoms with Crippen LogP contribution >= 0.6 is 0 Å². The Morgan fingerprint density at radius 1 is 1.29 bits per heavy atom. The van der Waals surface area contributed by atoms with Crippen molar-refractivity contribution in [1.29, 1.82) is 0 Å². The van der Waals surface area contributed by atoms with Crippen LogP contribution in [0.15, 0.2) is 18.2 Å². The molecular formula is C17H28N2O2. The molecule has 0 bridgehead atoms. The van der Waals surface area contributed by atoms with Gasteiger partial charge >= 0.3 is 0 Å². The maximum atomic E-state index is 6.33. The van der Waals surface area contributed by atoms with Crippen LogP contribution in [0.5, 0.6) is 5.75 Å². The van der Waals surface area contributed by atoms with E-state index in [1.807, 2.05) is 0 Å². The fraction of sp³-hybridized carbons (Fsp3) is 0.647. The van der Waals surface area contributed by atoms with E-state index in [1.54, 1.807) is 0 Å². The lowest BCUT2D eigenvalue weighted by Crippen LogP contribution is -2.51. The standard InChI is InChI=1S/C17H28N2O2/c1-4-17(5-2)13-19(9-11-20-10-8-18)15-12-14(3)6-7-16(15)21-17/h6-7,12H,4-5,8-11,13,18H2,1-3H3. The summed E-state index contributed by atoms with van der Waals surface area (Å²) in [6.07, 6.45) is 2.02. The molecule has 2 N–H and O–H groups in total. The molecule has 4 nitrogen and oxygen atoms in total. The molecule has 1 aliphatic heterocycles. The molecule has 0 aromatic heterocycles. The summed E-state index contributed by atoms with van der Waals surface area (Å²) >= 11 is 0. The lowest BCUT2D eigenvalue weighted by atomic mass is 9.93. The summed E-state index contributed by atoms with van der Waals surface area (Å²) in [4.78, 5) is 2.40. The highest BCUT2D eigenvalue weighted by Crippen LogP contribution is 2.40. The lowest BCUT2D eigenvalue weighted by Gasteiger charge is -2.44. The van der Waals surface area contributed by atoms with Crippen molar-refractivity contribution in [1.82, 2.24) is 0 Å². The second-order valence-electron chi connectivity index (χ2n) is 5.79. The van der Waals surface area contributed by atoms with Crippen LogP contribution in [0.25, 0.3) is 0 Å². The highest BCUT2D eigenvalue weighted by molar-refractivity contribution is 5.62. The number of benzene rings is 1. The summed E-state index contributed by atoms with van der Waals surface area (Å²) in [6, 6.07) is 6.41. The van der Waals surface area contributed by atoms with Gasteiger partial charge in [0.1, 0.15) is 11.4 Å². The molecule has 1 heterocycles. The second kappa shape index (κ2) is 7.14. The Labute approximate surface area is 128 Å². The van der Waals surface area contributed by atoms with Crippen LogP contribution in [-0.4, -0.2) is 38.4 Å². The van der Waals surface area contributed by atoms with Crippen molar-refractivity contribution in [2.75, 3.05) is 37.7 Å². The fourth-order valence-corrected chi connectivity index (χ4v) is 2.84. The van der Waals surface area contributed by atoms with Gasteiger partial charge in [-0.15, -0.1) is 0 Å². The summed E-state index contributed by atoms with van der Waals surface area (Å²) < 4.78 is 11.9. The molecule has 2 rings (SSSR count).